The van der Waals surface area contributed by atoms with Gasteiger partial charge in [-0.3, -0.25) is 14.4 Å². The lowest BCUT2D eigenvalue weighted by Gasteiger charge is -2.28. The Morgan fingerprint density at radius 1 is 1.12 bits per heavy atom. The number of hydrogen-bond donors (Lipinski definition) is 1. The van der Waals surface area contributed by atoms with Gasteiger partial charge in [-0.2, -0.15) is 0 Å². The van der Waals surface area contributed by atoms with Crippen molar-refractivity contribution in [1.82, 2.24) is 10.2 Å². The number of carbonyl (C=O) groups excluding carboxylic acids is 3. The van der Waals surface area contributed by atoms with Crippen molar-refractivity contribution >= 4 is 17.6 Å². The van der Waals surface area contributed by atoms with Crippen LogP contribution in [0.3, 0.4) is 0 Å². The van der Waals surface area contributed by atoms with Crippen LogP contribution in [-0.4, -0.2) is 60.9 Å². The first-order valence-corrected chi connectivity index (χ1v) is 11.7. The fourth-order valence-corrected chi connectivity index (χ4v) is 4.60. The van der Waals surface area contributed by atoms with Gasteiger partial charge in [0.15, 0.2) is 5.78 Å². The number of nitrogens with one attached hydrogen (secondary N) is 1. The van der Waals surface area contributed by atoms with Crippen LogP contribution < -0.4 is 10.1 Å². The summed E-state index contributed by atoms with van der Waals surface area (Å²) >= 11 is 0. The Hall–Kier alpha value is -3.19. The van der Waals surface area contributed by atoms with Gasteiger partial charge < -0.3 is 19.7 Å². The van der Waals surface area contributed by atoms with Crippen LogP contribution in [0.5, 0.6) is 5.75 Å². The van der Waals surface area contributed by atoms with Crippen LogP contribution in [0, 0.1) is 0 Å². The summed E-state index contributed by atoms with van der Waals surface area (Å²) in [5.41, 5.74) is 2.47. The molecule has 0 saturated carbocycles. The monoisotopic (exact) mass is 464 g/mol. The topological polar surface area (TPSA) is 84.9 Å². The lowest BCUT2D eigenvalue weighted by Crippen LogP contribution is -2.53. The van der Waals surface area contributed by atoms with Crippen molar-refractivity contribution in [3.8, 4) is 5.75 Å². The van der Waals surface area contributed by atoms with Gasteiger partial charge in [0.2, 0.25) is 5.91 Å². The fraction of sp³-hybridized carbons (Fsp3) is 0.444. The summed E-state index contributed by atoms with van der Waals surface area (Å²) < 4.78 is 10.8. The van der Waals surface area contributed by atoms with Gasteiger partial charge in [-0.25, -0.2) is 0 Å². The van der Waals surface area contributed by atoms with E-state index in [1.807, 2.05) is 36.4 Å². The minimum atomic E-state index is -0.810. The van der Waals surface area contributed by atoms with E-state index >= 15 is 0 Å². The second kappa shape index (κ2) is 9.58. The predicted octanol–water partition coefficient (Wildman–Crippen LogP) is 2.90. The number of fused-ring (bicyclic) bond motifs is 1. The van der Waals surface area contributed by atoms with Crippen molar-refractivity contribution in [1.29, 1.82) is 0 Å². The third kappa shape index (κ3) is 4.99. The van der Waals surface area contributed by atoms with E-state index in [9.17, 15) is 14.4 Å². The molecule has 2 aliphatic rings. The number of rotatable bonds is 6. The number of amides is 2. The molecule has 0 radical (unpaired) electrons. The Morgan fingerprint density at radius 3 is 2.41 bits per heavy atom. The molecule has 2 saturated heterocycles. The molecule has 0 aliphatic carbocycles. The van der Waals surface area contributed by atoms with Gasteiger partial charge in [-0.1, -0.05) is 45.0 Å². The number of carbonyl (C=O) groups is 3. The molecule has 2 fully saturated rings. The van der Waals surface area contributed by atoms with Crippen LogP contribution in [0.1, 0.15) is 48.7 Å². The van der Waals surface area contributed by atoms with Crippen molar-refractivity contribution in [3.05, 3.63) is 65.2 Å². The quantitative estimate of drug-likeness (QED) is 0.711. The molecular weight excluding hydrogens is 432 g/mol. The molecule has 0 aromatic heterocycles. The van der Waals surface area contributed by atoms with E-state index in [0.717, 1.165) is 11.1 Å². The molecule has 3 unspecified atom stereocenters. The van der Waals surface area contributed by atoms with Crippen molar-refractivity contribution < 1.29 is 23.9 Å². The van der Waals surface area contributed by atoms with Gasteiger partial charge in [0.25, 0.3) is 5.91 Å². The maximum absolute atomic E-state index is 13.6. The van der Waals surface area contributed by atoms with Crippen LogP contribution in [-0.2, 0) is 26.2 Å². The van der Waals surface area contributed by atoms with Crippen LogP contribution in [0.2, 0.25) is 0 Å². The Morgan fingerprint density at radius 2 is 1.79 bits per heavy atom. The van der Waals surface area contributed by atoms with Gasteiger partial charge in [0.1, 0.15) is 24.4 Å². The number of hydrogen-bond acceptors (Lipinski definition) is 5. The minimum absolute atomic E-state index is 0.0238. The van der Waals surface area contributed by atoms with E-state index in [2.05, 4.69) is 26.1 Å². The predicted molar refractivity (Wildman–Crippen MR) is 128 cm³/mol. The molecule has 7 nitrogen and oxygen atoms in total. The number of methoxy groups -OCH3 is 1. The highest BCUT2D eigenvalue weighted by Gasteiger charge is 2.48. The molecule has 2 amide bonds. The van der Waals surface area contributed by atoms with Crippen molar-refractivity contribution in [2.24, 2.45) is 0 Å². The first kappa shape index (κ1) is 24.0. The van der Waals surface area contributed by atoms with E-state index in [0.29, 0.717) is 30.7 Å². The second-order valence-corrected chi connectivity index (χ2v) is 9.99. The highest BCUT2D eigenvalue weighted by molar-refractivity contribution is 5.99. The van der Waals surface area contributed by atoms with Crippen LogP contribution >= 0.6 is 0 Å². The highest BCUT2D eigenvalue weighted by Crippen LogP contribution is 2.28. The molecule has 2 heterocycles. The van der Waals surface area contributed by atoms with Gasteiger partial charge in [-0.15, -0.1) is 0 Å². The fourth-order valence-electron chi connectivity index (χ4n) is 4.60. The summed E-state index contributed by atoms with van der Waals surface area (Å²) in [5, 5.41) is 2.93. The summed E-state index contributed by atoms with van der Waals surface area (Å²) in [6.45, 7) is 6.82. The Balaban J connectivity index is 1.56. The maximum Gasteiger partial charge on any atom is 0.251 e. The first-order chi connectivity index (χ1) is 16.2. The molecular formula is C27H32N2O5. The number of nitrogens with zero attached hydrogens (tertiary/aromatic N) is 1. The number of Topliss-reactive ketones (excluding diaryl/α,β-unsaturated/α-hetero) is 1. The number of benzene rings is 2. The van der Waals surface area contributed by atoms with Gasteiger partial charge in [0, 0.05) is 18.5 Å². The molecule has 4 rings (SSSR count). The highest BCUT2D eigenvalue weighted by atomic mass is 16.5. The first-order valence-electron chi connectivity index (χ1n) is 11.7. The molecule has 2 aliphatic heterocycles. The van der Waals surface area contributed by atoms with Crippen molar-refractivity contribution in [2.45, 2.75) is 57.2 Å². The second-order valence-electron chi connectivity index (χ2n) is 9.99. The molecule has 2 aromatic rings. The van der Waals surface area contributed by atoms with Crippen LogP contribution in [0.4, 0.5) is 0 Å². The molecule has 3 atom stereocenters. The van der Waals surface area contributed by atoms with E-state index < -0.39 is 12.1 Å². The average Bonchev–Trinajstić information content (AvgIpc) is 3.41. The summed E-state index contributed by atoms with van der Waals surface area (Å²) in [6.07, 6.45) is 0.677. The smallest absolute Gasteiger partial charge is 0.251 e. The number of ether oxygens (including phenoxy) is 2. The Kier molecular flexibility index (Phi) is 6.75. The summed E-state index contributed by atoms with van der Waals surface area (Å²) in [6, 6.07) is 13.5. The van der Waals surface area contributed by atoms with Crippen LogP contribution in [0.25, 0.3) is 0 Å². The molecule has 7 heteroatoms. The van der Waals surface area contributed by atoms with Gasteiger partial charge in [0.05, 0.1) is 13.2 Å². The number of ketones is 1. The zero-order chi connectivity index (χ0) is 24.5. The molecule has 180 valence electrons. The van der Waals surface area contributed by atoms with E-state index in [1.54, 1.807) is 24.1 Å². The third-order valence-corrected chi connectivity index (χ3v) is 6.61. The lowest BCUT2D eigenvalue weighted by atomic mass is 9.86. The Bertz CT molecular complexity index is 1060. The normalized spacial score (nSPS) is 20.7. The molecule has 0 spiro atoms. The third-order valence-electron chi connectivity index (χ3n) is 6.61. The average molecular weight is 465 g/mol. The number of likely N-dealkylation sites (tertiary alicyclic amines) is 1. The molecule has 0 bridgehead atoms. The summed E-state index contributed by atoms with van der Waals surface area (Å²) in [4.78, 5) is 40.7. The largest absolute Gasteiger partial charge is 0.497 e. The zero-order valence-electron chi connectivity index (χ0n) is 20.2. The lowest BCUT2D eigenvalue weighted by molar-refractivity contribution is -0.138. The standard InChI is InChI=1S/C27H32N2O5/c1-27(2,3)19-9-7-18(8-10-19)25(31)28-21(15-17-5-11-20(33-4)12-6-17)26(32)29-14-13-23-24(29)22(30)16-34-23/h5-12,21,23-24H,13-16H2,1-4H3,(H,28,31). The maximum atomic E-state index is 13.6. The SMILES string of the molecule is COc1ccc(CC(NC(=O)c2ccc(C(C)(C)C)cc2)C(=O)N2CCC3OCC(=O)C32)cc1. The molecule has 2 aromatic carbocycles. The summed E-state index contributed by atoms with van der Waals surface area (Å²) in [7, 11) is 1.59. The zero-order valence-corrected chi connectivity index (χ0v) is 20.2. The molecule has 1 N–H and O–H groups in total. The van der Waals surface area contributed by atoms with Crippen molar-refractivity contribution in [2.75, 3.05) is 20.3 Å². The van der Waals surface area contributed by atoms with Gasteiger partial charge in [-0.05, 0) is 47.2 Å². The van der Waals surface area contributed by atoms with Gasteiger partial charge >= 0.3 is 0 Å². The van der Waals surface area contributed by atoms with Crippen LogP contribution in [0.15, 0.2) is 48.5 Å². The minimum Gasteiger partial charge on any atom is -0.497 e. The van der Waals surface area contributed by atoms with Crippen molar-refractivity contribution in [3.63, 3.8) is 0 Å². The summed E-state index contributed by atoms with van der Waals surface area (Å²) in [5.74, 6) is 0.0488. The Labute approximate surface area is 200 Å². The van der Waals surface area contributed by atoms with E-state index in [4.69, 9.17) is 9.47 Å². The van der Waals surface area contributed by atoms with E-state index in [-0.39, 0.29) is 35.7 Å². The van der Waals surface area contributed by atoms with E-state index in [1.165, 1.54) is 0 Å². The molecule has 34 heavy (non-hydrogen) atoms.